The van der Waals surface area contributed by atoms with Crippen molar-refractivity contribution in [2.45, 2.75) is 31.8 Å². The molecule has 1 aliphatic rings. The van der Waals surface area contributed by atoms with Gasteiger partial charge in [-0.3, -0.25) is 0 Å². The Morgan fingerprint density at radius 2 is 1.73 bits per heavy atom. The van der Waals surface area contributed by atoms with Crippen LogP contribution in [0.15, 0.2) is 0 Å². The van der Waals surface area contributed by atoms with E-state index in [1.165, 1.54) is 0 Å². The topological polar surface area (TPSA) is 37.3 Å². The molecule has 1 N–H and O–H groups in total. The summed E-state index contributed by atoms with van der Waals surface area (Å²) >= 11 is 4.52. The first-order valence-corrected chi connectivity index (χ1v) is 4.00. The van der Waals surface area contributed by atoms with Crippen LogP contribution in [0.4, 0.5) is 0 Å². The molecule has 4 heteroatoms. The van der Waals surface area contributed by atoms with Gasteiger partial charge in [0.25, 0.3) is 0 Å². The zero-order valence-corrected chi connectivity index (χ0v) is 10.7. The summed E-state index contributed by atoms with van der Waals surface area (Å²) in [6, 6.07) is 0. The van der Waals surface area contributed by atoms with Crippen LogP contribution in [0.1, 0.15) is 25.7 Å². The van der Waals surface area contributed by atoms with Gasteiger partial charge in [0.15, 0.2) is 0 Å². The van der Waals surface area contributed by atoms with E-state index in [2.05, 4.69) is 12.6 Å². The Bertz CT molecular complexity index is 132. The number of hydrogen-bond donors (Lipinski definition) is 1. The van der Waals surface area contributed by atoms with E-state index >= 15 is 0 Å². The third kappa shape index (κ3) is 4.31. The fourth-order valence-corrected chi connectivity index (χ4v) is 1.55. The Balaban J connectivity index is 0.000001000. The van der Waals surface area contributed by atoms with Gasteiger partial charge in [-0.05, 0) is 31.6 Å². The number of rotatable bonds is 1. The molecule has 1 rings (SSSR count). The summed E-state index contributed by atoms with van der Waals surface area (Å²) in [6.45, 7) is 0. The van der Waals surface area contributed by atoms with Crippen molar-refractivity contribution in [3.8, 4) is 0 Å². The maximum absolute atomic E-state index is 10.6. The molecule has 1 saturated carbocycles. The minimum absolute atomic E-state index is 0. The summed E-state index contributed by atoms with van der Waals surface area (Å²) in [5.74, 6) is 0.0541. The monoisotopic (exact) mass is 198 g/mol. The molecule has 0 heterocycles. The first kappa shape index (κ1) is 12.5. The van der Waals surface area contributed by atoms with Gasteiger partial charge in [0.2, 0.25) is 0 Å². The summed E-state index contributed by atoms with van der Waals surface area (Å²) in [5, 5.41) is 8.93. The zero-order valence-electron chi connectivity index (χ0n) is 6.75. The molecule has 0 amide bonds. The van der Waals surface area contributed by atoms with Gasteiger partial charge in [-0.25, -0.2) is 0 Å². The normalized spacial score (nSPS) is 30.6. The van der Waals surface area contributed by atoms with Crippen LogP contribution in [0.5, 0.6) is 0 Å². The SMILES string of the molecule is O=C([S-])C1CCC(O)CC1.[K+]. The fourth-order valence-electron chi connectivity index (χ4n) is 1.31. The maximum Gasteiger partial charge on any atom is 1.00 e. The van der Waals surface area contributed by atoms with E-state index < -0.39 is 0 Å². The van der Waals surface area contributed by atoms with Gasteiger partial charge in [-0.1, -0.05) is 0 Å². The number of aliphatic hydroxyl groups is 1. The molecule has 1 aliphatic carbocycles. The van der Waals surface area contributed by atoms with Crippen molar-refractivity contribution in [2.24, 2.45) is 5.92 Å². The second-order valence-corrected chi connectivity index (χ2v) is 3.23. The number of carbonyl (C=O) groups excluding carboxylic acids is 1. The van der Waals surface area contributed by atoms with Crippen molar-refractivity contribution in [1.82, 2.24) is 0 Å². The Morgan fingerprint density at radius 3 is 2.09 bits per heavy atom. The average molecular weight is 198 g/mol. The molecule has 0 aromatic rings. The van der Waals surface area contributed by atoms with Crippen molar-refractivity contribution in [1.29, 1.82) is 0 Å². The molecule has 0 aromatic carbocycles. The van der Waals surface area contributed by atoms with Crippen molar-refractivity contribution in [3.05, 3.63) is 0 Å². The minimum atomic E-state index is -0.189. The standard InChI is InChI=1S/C7H12O2S.K/c8-6-3-1-5(2-4-6)7(9)10;/h5-6,8H,1-4H2,(H,9,10);/q;+1/p-1. The number of hydrogen-bond acceptors (Lipinski definition) is 3. The molecule has 0 radical (unpaired) electrons. The van der Waals surface area contributed by atoms with E-state index in [4.69, 9.17) is 5.11 Å². The van der Waals surface area contributed by atoms with E-state index in [0.29, 0.717) is 0 Å². The minimum Gasteiger partial charge on any atom is -0.742 e. The third-order valence-electron chi connectivity index (χ3n) is 2.03. The van der Waals surface area contributed by atoms with Crippen molar-refractivity contribution in [3.63, 3.8) is 0 Å². The largest absolute Gasteiger partial charge is 1.00 e. The molecule has 0 saturated heterocycles. The summed E-state index contributed by atoms with van der Waals surface area (Å²) in [6.07, 6.45) is 2.86. The predicted molar refractivity (Wildman–Crippen MR) is 40.3 cm³/mol. The Morgan fingerprint density at radius 1 is 1.27 bits per heavy atom. The van der Waals surface area contributed by atoms with E-state index in [-0.39, 0.29) is 68.5 Å². The van der Waals surface area contributed by atoms with Crippen LogP contribution in [0, 0.1) is 5.92 Å². The van der Waals surface area contributed by atoms with Crippen LogP contribution in [0.25, 0.3) is 0 Å². The third-order valence-corrected chi connectivity index (χ3v) is 2.36. The zero-order chi connectivity index (χ0) is 7.56. The molecule has 0 aliphatic heterocycles. The van der Waals surface area contributed by atoms with Gasteiger partial charge >= 0.3 is 51.4 Å². The smallest absolute Gasteiger partial charge is 0.742 e. The van der Waals surface area contributed by atoms with Crippen molar-refractivity contribution in [2.75, 3.05) is 0 Å². The number of carbonyl (C=O) groups is 1. The molecular formula is C7H11KO2S. The predicted octanol–water partition coefficient (Wildman–Crippen LogP) is -2.38. The average Bonchev–Trinajstić information content (AvgIpc) is 1.88. The summed E-state index contributed by atoms with van der Waals surface area (Å²) in [4.78, 5) is 10.6. The van der Waals surface area contributed by atoms with Gasteiger partial charge in [0.1, 0.15) is 0 Å². The fraction of sp³-hybridized carbons (Fsp3) is 0.857. The van der Waals surface area contributed by atoms with Crippen LogP contribution < -0.4 is 51.4 Å². The molecular weight excluding hydrogens is 187 g/mol. The van der Waals surface area contributed by atoms with Crippen molar-refractivity contribution < 1.29 is 61.3 Å². The Labute approximate surface area is 115 Å². The van der Waals surface area contributed by atoms with Gasteiger partial charge in [0, 0.05) is 5.12 Å². The maximum atomic E-state index is 10.6. The van der Waals surface area contributed by atoms with Gasteiger partial charge < -0.3 is 22.5 Å². The molecule has 58 valence electrons. The Kier molecular flexibility index (Phi) is 6.83. The second kappa shape index (κ2) is 6.02. The van der Waals surface area contributed by atoms with Gasteiger partial charge in [-0.2, -0.15) is 0 Å². The molecule has 0 aromatic heterocycles. The van der Waals surface area contributed by atoms with Crippen LogP contribution in [-0.4, -0.2) is 16.3 Å². The number of aliphatic hydroxyl groups excluding tert-OH is 1. The van der Waals surface area contributed by atoms with Crippen LogP contribution in [0.3, 0.4) is 0 Å². The van der Waals surface area contributed by atoms with Crippen LogP contribution in [-0.2, 0) is 17.4 Å². The van der Waals surface area contributed by atoms with E-state index in [1.54, 1.807) is 0 Å². The quantitative estimate of drug-likeness (QED) is 0.377. The van der Waals surface area contributed by atoms with Crippen LogP contribution in [0.2, 0.25) is 0 Å². The first-order chi connectivity index (χ1) is 4.70. The van der Waals surface area contributed by atoms with E-state index in [1.807, 2.05) is 0 Å². The van der Waals surface area contributed by atoms with Crippen molar-refractivity contribution >= 4 is 17.7 Å². The summed E-state index contributed by atoms with van der Waals surface area (Å²) in [7, 11) is 0. The molecule has 0 atom stereocenters. The molecule has 2 nitrogen and oxygen atoms in total. The Hall–Kier alpha value is 1.49. The van der Waals surface area contributed by atoms with Gasteiger partial charge in [0.05, 0.1) is 6.10 Å². The molecule has 0 spiro atoms. The van der Waals surface area contributed by atoms with Crippen LogP contribution >= 0.6 is 0 Å². The summed E-state index contributed by atoms with van der Waals surface area (Å²) in [5.41, 5.74) is 0. The second-order valence-electron chi connectivity index (χ2n) is 2.82. The molecule has 0 unspecified atom stereocenters. The summed E-state index contributed by atoms with van der Waals surface area (Å²) < 4.78 is 0. The first-order valence-electron chi connectivity index (χ1n) is 3.59. The van der Waals surface area contributed by atoms with E-state index in [9.17, 15) is 4.79 Å². The molecule has 11 heavy (non-hydrogen) atoms. The van der Waals surface area contributed by atoms with Gasteiger partial charge in [-0.15, -0.1) is 0 Å². The van der Waals surface area contributed by atoms with E-state index in [0.717, 1.165) is 25.7 Å². The molecule has 0 bridgehead atoms. The molecule has 1 fully saturated rings.